The van der Waals surface area contributed by atoms with E-state index in [0.29, 0.717) is 28.3 Å². The van der Waals surface area contributed by atoms with Crippen molar-refractivity contribution in [2.45, 2.75) is 6.04 Å². The first-order chi connectivity index (χ1) is 12.1. The van der Waals surface area contributed by atoms with Gasteiger partial charge in [0.05, 0.1) is 23.1 Å². The van der Waals surface area contributed by atoms with E-state index in [1.54, 1.807) is 38.4 Å². The van der Waals surface area contributed by atoms with Crippen LogP contribution in [0.2, 0.25) is 0 Å². The van der Waals surface area contributed by atoms with Crippen molar-refractivity contribution in [3.63, 3.8) is 0 Å². The highest BCUT2D eigenvalue weighted by molar-refractivity contribution is 6.22. The van der Waals surface area contributed by atoms with Crippen molar-refractivity contribution < 1.29 is 14.0 Å². The molecule has 0 radical (unpaired) electrons. The fourth-order valence-electron chi connectivity index (χ4n) is 3.04. The standard InChI is InChI=1S/C17H15N5O3/c1-22(2)21-17(24)18-10-6-3-5-9-12(10)16(23)13-14(9)19-20-15(13)11-7-4-8-25-11/h3-8,14H,1-2H3,(H2,18,21,24). The number of nitrogens with zero attached hydrogens (tertiary/aromatic N) is 3. The number of ketones is 1. The Morgan fingerprint density at radius 1 is 1.24 bits per heavy atom. The third-order valence-electron chi connectivity index (χ3n) is 3.99. The molecule has 2 aromatic rings. The molecule has 0 fully saturated rings. The summed E-state index contributed by atoms with van der Waals surface area (Å²) in [5.74, 6) is 0.305. The van der Waals surface area contributed by atoms with Crippen LogP contribution in [0.5, 0.6) is 0 Å². The number of rotatable bonds is 3. The van der Waals surface area contributed by atoms with Gasteiger partial charge in [0.1, 0.15) is 11.7 Å². The van der Waals surface area contributed by atoms with Crippen LogP contribution in [0.4, 0.5) is 10.5 Å². The lowest BCUT2D eigenvalue weighted by molar-refractivity contribution is 0.103. The molecular formula is C17H15N5O3. The number of urea groups is 1. The summed E-state index contributed by atoms with van der Waals surface area (Å²) in [6, 6.07) is 7.88. The van der Waals surface area contributed by atoms with Crippen molar-refractivity contribution in [2.24, 2.45) is 10.2 Å². The molecular weight excluding hydrogens is 322 g/mol. The molecule has 1 aliphatic carbocycles. The third-order valence-corrected chi connectivity index (χ3v) is 3.99. The van der Waals surface area contributed by atoms with Gasteiger partial charge >= 0.3 is 6.03 Å². The predicted octanol–water partition coefficient (Wildman–Crippen LogP) is 2.99. The van der Waals surface area contributed by atoms with E-state index < -0.39 is 12.1 Å². The summed E-state index contributed by atoms with van der Waals surface area (Å²) in [6.45, 7) is 0. The topological polar surface area (TPSA) is 99.3 Å². The van der Waals surface area contributed by atoms with Crippen LogP contribution in [-0.2, 0) is 0 Å². The molecule has 2 heterocycles. The van der Waals surface area contributed by atoms with Gasteiger partial charge in [0.25, 0.3) is 0 Å². The van der Waals surface area contributed by atoms with Crippen LogP contribution >= 0.6 is 0 Å². The summed E-state index contributed by atoms with van der Waals surface area (Å²) in [7, 11) is 3.40. The number of fused-ring (bicyclic) bond motifs is 3. The maximum Gasteiger partial charge on any atom is 0.333 e. The first kappa shape index (κ1) is 15.3. The summed E-state index contributed by atoms with van der Waals surface area (Å²) in [6.07, 6.45) is 1.52. The number of amides is 2. The number of carbonyl (C=O) groups excluding carboxylic acids is 2. The van der Waals surface area contributed by atoms with Crippen LogP contribution in [0.25, 0.3) is 5.70 Å². The first-order valence-corrected chi connectivity index (χ1v) is 7.67. The molecule has 4 rings (SSSR count). The van der Waals surface area contributed by atoms with E-state index in [2.05, 4.69) is 21.0 Å². The first-order valence-electron chi connectivity index (χ1n) is 7.67. The van der Waals surface area contributed by atoms with E-state index in [1.807, 2.05) is 6.07 Å². The number of hydrogen-bond donors (Lipinski definition) is 2. The highest BCUT2D eigenvalue weighted by atomic mass is 16.3. The smallest absolute Gasteiger partial charge is 0.333 e. The van der Waals surface area contributed by atoms with E-state index in [0.717, 1.165) is 5.56 Å². The van der Waals surface area contributed by atoms with E-state index in [9.17, 15) is 9.59 Å². The Hall–Kier alpha value is -3.26. The second-order valence-electron chi connectivity index (χ2n) is 5.92. The number of nitrogens with one attached hydrogen (secondary N) is 2. The Bertz CT molecular complexity index is 928. The Balaban J connectivity index is 1.75. The van der Waals surface area contributed by atoms with E-state index in [1.165, 1.54) is 11.3 Å². The quantitative estimate of drug-likeness (QED) is 0.841. The molecule has 0 saturated heterocycles. The Morgan fingerprint density at radius 3 is 2.80 bits per heavy atom. The SMILES string of the molecule is CN(C)NC(=O)Nc1cccc2c1C(=O)C1=C(c3ccco3)N=NC12. The molecule has 2 N–H and O–H groups in total. The molecule has 126 valence electrons. The lowest BCUT2D eigenvalue weighted by atomic mass is 10.1. The van der Waals surface area contributed by atoms with Crippen LogP contribution in [0, 0.1) is 0 Å². The number of azo groups is 1. The van der Waals surface area contributed by atoms with Crippen molar-refractivity contribution in [2.75, 3.05) is 19.4 Å². The third kappa shape index (κ3) is 2.43. The number of furan rings is 1. The highest BCUT2D eigenvalue weighted by Crippen LogP contribution is 2.48. The van der Waals surface area contributed by atoms with Crippen molar-refractivity contribution in [1.82, 2.24) is 10.4 Å². The molecule has 0 spiro atoms. The molecule has 25 heavy (non-hydrogen) atoms. The summed E-state index contributed by atoms with van der Waals surface area (Å²) >= 11 is 0. The van der Waals surface area contributed by atoms with Crippen molar-refractivity contribution in [1.29, 1.82) is 0 Å². The Morgan fingerprint density at radius 2 is 2.08 bits per heavy atom. The van der Waals surface area contributed by atoms with Gasteiger partial charge in [-0.2, -0.15) is 10.2 Å². The largest absolute Gasteiger partial charge is 0.463 e. The maximum absolute atomic E-state index is 13.0. The Kier molecular flexibility index (Phi) is 3.47. The molecule has 8 nitrogen and oxygen atoms in total. The molecule has 2 aliphatic rings. The van der Waals surface area contributed by atoms with Gasteiger partial charge in [0.2, 0.25) is 0 Å². The second kappa shape index (κ2) is 5.67. The zero-order valence-electron chi connectivity index (χ0n) is 13.6. The summed E-state index contributed by atoms with van der Waals surface area (Å²) < 4.78 is 5.36. The minimum Gasteiger partial charge on any atom is -0.463 e. The van der Waals surface area contributed by atoms with Gasteiger partial charge in [0, 0.05) is 14.1 Å². The molecule has 1 atom stereocenters. The molecule has 1 unspecified atom stereocenters. The lowest BCUT2D eigenvalue weighted by Gasteiger charge is -2.14. The van der Waals surface area contributed by atoms with E-state index in [4.69, 9.17) is 4.42 Å². The van der Waals surface area contributed by atoms with Crippen molar-refractivity contribution in [3.05, 3.63) is 59.1 Å². The average Bonchev–Trinajstić information content (AvgIpc) is 3.26. The van der Waals surface area contributed by atoms with Gasteiger partial charge < -0.3 is 9.73 Å². The van der Waals surface area contributed by atoms with Gasteiger partial charge in [-0.05, 0) is 23.8 Å². The van der Waals surface area contributed by atoms with Crippen molar-refractivity contribution in [3.8, 4) is 0 Å². The van der Waals surface area contributed by atoms with Crippen LogP contribution in [-0.4, -0.2) is 30.9 Å². The maximum atomic E-state index is 13.0. The van der Waals surface area contributed by atoms with E-state index >= 15 is 0 Å². The van der Waals surface area contributed by atoms with Crippen LogP contribution < -0.4 is 10.7 Å². The lowest BCUT2D eigenvalue weighted by Crippen LogP contribution is -2.39. The number of Topliss-reactive ketones (excluding diaryl/α,β-unsaturated/α-hetero) is 1. The van der Waals surface area contributed by atoms with Gasteiger partial charge in [0.15, 0.2) is 11.5 Å². The fourth-order valence-corrected chi connectivity index (χ4v) is 3.04. The minimum atomic E-state index is -0.457. The second-order valence-corrected chi connectivity index (χ2v) is 5.92. The summed E-state index contributed by atoms with van der Waals surface area (Å²) in [5.41, 5.74) is 5.12. The summed E-state index contributed by atoms with van der Waals surface area (Å²) in [5, 5.41) is 12.6. The molecule has 2 amide bonds. The van der Waals surface area contributed by atoms with Crippen LogP contribution in [0.15, 0.2) is 56.8 Å². The normalized spacial score (nSPS) is 17.9. The molecule has 0 bridgehead atoms. The number of carbonyl (C=O) groups is 2. The number of hydrazine groups is 1. The molecule has 1 aromatic heterocycles. The fraction of sp³-hybridized carbons (Fsp3) is 0.176. The van der Waals surface area contributed by atoms with Gasteiger partial charge in [-0.25, -0.2) is 9.80 Å². The predicted molar refractivity (Wildman–Crippen MR) is 89.8 cm³/mol. The molecule has 8 heteroatoms. The van der Waals surface area contributed by atoms with Crippen molar-refractivity contribution >= 4 is 23.2 Å². The van der Waals surface area contributed by atoms with Gasteiger partial charge in [-0.1, -0.05) is 12.1 Å². The molecule has 1 aromatic carbocycles. The van der Waals surface area contributed by atoms with E-state index in [-0.39, 0.29) is 5.78 Å². The highest BCUT2D eigenvalue weighted by Gasteiger charge is 2.42. The zero-order chi connectivity index (χ0) is 17.6. The van der Waals surface area contributed by atoms with Gasteiger partial charge in [-0.15, -0.1) is 0 Å². The zero-order valence-corrected chi connectivity index (χ0v) is 13.6. The molecule has 1 aliphatic heterocycles. The minimum absolute atomic E-state index is 0.197. The number of anilines is 1. The Labute approximate surface area is 143 Å². The summed E-state index contributed by atoms with van der Waals surface area (Å²) in [4.78, 5) is 25.0. The average molecular weight is 337 g/mol. The van der Waals surface area contributed by atoms with Crippen LogP contribution in [0.1, 0.15) is 27.7 Å². The number of hydrogen-bond acceptors (Lipinski definition) is 6. The van der Waals surface area contributed by atoms with Gasteiger partial charge in [-0.3, -0.25) is 10.2 Å². The van der Waals surface area contributed by atoms with Crippen LogP contribution in [0.3, 0.4) is 0 Å². The number of benzene rings is 1. The monoisotopic (exact) mass is 337 g/mol. The molecule has 0 saturated carbocycles.